The second kappa shape index (κ2) is 6.62. The van der Waals surface area contributed by atoms with E-state index in [1.165, 1.54) is 30.5 Å². The molecule has 178 valence electrons. The van der Waals surface area contributed by atoms with Gasteiger partial charge < -0.3 is 14.9 Å². The fourth-order valence-electron chi connectivity index (χ4n) is 7.64. The molecule has 0 unspecified atom stereocenters. The number of hydrogen-bond acceptors (Lipinski definition) is 5. The van der Waals surface area contributed by atoms with Crippen LogP contribution in [-0.2, 0) is 18.3 Å². The zero-order valence-electron chi connectivity index (χ0n) is 19.4. The third-order valence-electron chi connectivity index (χ3n) is 9.40. The van der Waals surface area contributed by atoms with Crippen molar-refractivity contribution >= 4 is 0 Å². The number of aliphatic hydroxyl groups is 1. The third-order valence-corrected chi connectivity index (χ3v) is 9.40. The van der Waals surface area contributed by atoms with Crippen molar-refractivity contribution in [2.24, 2.45) is 5.92 Å². The molecule has 35 heavy (non-hydrogen) atoms. The fraction of sp³-hybridized carbons (Fsp3) is 0.414. The van der Waals surface area contributed by atoms with Gasteiger partial charge in [0.1, 0.15) is 5.82 Å². The highest BCUT2D eigenvalue weighted by Crippen LogP contribution is 2.68. The second-order valence-electron chi connectivity index (χ2n) is 11.2. The number of hydrogen-bond donors (Lipinski definition) is 2. The Balaban J connectivity index is 1.32. The highest BCUT2D eigenvalue weighted by molar-refractivity contribution is 5.67. The summed E-state index contributed by atoms with van der Waals surface area (Å²) in [5, 5.41) is 23.5. The topological polar surface area (TPSA) is 65.8 Å². The quantitative estimate of drug-likeness (QED) is 0.598. The molecule has 2 bridgehead atoms. The highest BCUT2D eigenvalue weighted by atomic mass is 19.1. The molecule has 3 heterocycles. The summed E-state index contributed by atoms with van der Waals surface area (Å²) in [7, 11) is 0. The van der Waals surface area contributed by atoms with Crippen molar-refractivity contribution in [1.29, 1.82) is 0 Å². The molecule has 1 saturated heterocycles. The normalized spacial score (nSPS) is 32.1. The Bertz CT molecular complexity index is 1390. The lowest BCUT2D eigenvalue weighted by molar-refractivity contribution is -0.173. The van der Waals surface area contributed by atoms with Gasteiger partial charge in [-0.1, -0.05) is 18.2 Å². The first-order chi connectivity index (χ1) is 17.0. The number of ether oxygens (including phenoxy) is 1. The summed E-state index contributed by atoms with van der Waals surface area (Å²) in [4.78, 5) is 7.41. The third kappa shape index (κ3) is 2.51. The molecule has 1 saturated carbocycles. The van der Waals surface area contributed by atoms with Crippen LogP contribution in [0, 0.1) is 11.7 Å². The minimum absolute atomic E-state index is 0.00595. The molecule has 1 aromatic heterocycles. The van der Waals surface area contributed by atoms with Crippen LogP contribution < -0.4 is 4.74 Å². The second-order valence-corrected chi connectivity index (χ2v) is 11.2. The zero-order chi connectivity index (χ0) is 23.5. The molecule has 3 aliphatic carbocycles. The van der Waals surface area contributed by atoms with Crippen LogP contribution in [0.2, 0.25) is 0 Å². The van der Waals surface area contributed by atoms with Gasteiger partial charge in [-0.25, -0.2) is 4.39 Å². The van der Waals surface area contributed by atoms with E-state index in [0.717, 1.165) is 59.8 Å². The van der Waals surface area contributed by atoms with Crippen LogP contribution in [0.3, 0.4) is 0 Å². The Morgan fingerprint density at radius 1 is 1.09 bits per heavy atom. The maximum Gasteiger partial charge on any atom is 0.166 e. The zero-order valence-corrected chi connectivity index (χ0v) is 19.4. The van der Waals surface area contributed by atoms with Gasteiger partial charge in [0.15, 0.2) is 17.6 Å². The van der Waals surface area contributed by atoms with Crippen molar-refractivity contribution in [3.8, 4) is 22.6 Å². The monoisotopic (exact) mass is 470 g/mol. The molecule has 2 aliphatic heterocycles. The SMILES string of the molecule is Oc1ccc2c3c1O[C@H]1c4ncc(-c5ccc(F)cc5)cc4C[C@@]4(O)[C@H](C2)N(CC2CC2)CC[C@]314. The number of fused-ring (bicyclic) bond motifs is 2. The van der Waals surface area contributed by atoms with Crippen LogP contribution in [0.1, 0.15) is 47.8 Å². The van der Waals surface area contributed by atoms with Gasteiger partial charge in [0.05, 0.1) is 16.7 Å². The lowest BCUT2D eigenvalue weighted by Gasteiger charge is -2.63. The maximum atomic E-state index is 13.5. The Labute approximate surface area is 203 Å². The smallest absolute Gasteiger partial charge is 0.166 e. The van der Waals surface area contributed by atoms with E-state index < -0.39 is 17.1 Å². The number of aromatic nitrogens is 1. The van der Waals surface area contributed by atoms with E-state index in [1.807, 2.05) is 12.3 Å². The molecule has 0 amide bonds. The number of halogens is 1. The molecule has 6 heteroatoms. The molecule has 4 atom stereocenters. The van der Waals surface area contributed by atoms with Gasteiger partial charge in [-0.05, 0) is 79.1 Å². The van der Waals surface area contributed by atoms with Gasteiger partial charge in [-0.15, -0.1) is 0 Å². The number of piperidine rings is 1. The minimum Gasteiger partial charge on any atom is -0.504 e. The van der Waals surface area contributed by atoms with E-state index >= 15 is 0 Å². The molecule has 3 aromatic rings. The van der Waals surface area contributed by atoms with Gasteiger partial charge in [-0.2, -0.15) is 0 Å². The van der Waals surface area contributed by atoms with E-state index in [9.17, 15) is 14.6 Å². The van der Waals surface area contributed by atoms with Crippen molar-refractivity contribution in [2.75, 3.05) is 13.1 Å². The summed E-state index contributed by atoms with van der Waals surface area (Å²) in [6.45, 7) is 1.95. The number of rotatable bonds is 3. The molecule has 2 aromatic carbocycles. The molecule has 5 aliphatic rings. The first kappa shape index (κ1) is 20.3. The summed E-state index contributed by atoms with van der Waals surface area (Å²) in [5.41, 5.74) is 4.16. The predicted octanol–water partition coefficient (Wildman–Crippen LogP) is 4.29. The maximum absolute atomic E-state index is 13.5. The van der Waals surface area contributed by atoms with Crippen LogP contribution in [-0.4, -0.2) is 44.8 Å². The van der Waals surface area contributed by atoms with Gasteiger partial charge in [0.25, 0.3) is 0 Å². The molecular weight excluding hydrogens is 443 g/mol. The van der Waals surface area contributed by atoms with Gasteiger partial charge in [0, 0.05) is 36.3 Å². The summed E-state index contributed by atoms with van der Waals surface area (Å²) in [6.07, 6.45) is 5.97. The van der Waals surface area contributed by atoms with Crippen LogP contribution in [0.25, 0.3) is 11.1 Å². The van der Waals surface area contributed by atoms with E-state index in [2.05, 4.69) is 11.0 Å². The standard InChI is InChI=1S/C29H27FN2O3/c30-21-6-3-17(4-7-21)20-11-19-13-29(34)23-12-18-5-8-22(33)26-24(18)28(29,27(35-26)25(19)31-14-20)9-10-32(23)15-16-1-2-16/h3-8,11,14,16,23,27,33-34H,1-2,9-10,12-13,15H2/t23-,27-,28-,29+/m0/s1. The number of nitrogens with zero attached hydrogens (tertiary/aromatic N) is 2. The molecule has 5 nitrogen and oxygen atoms in total. The number of phenolic OH excluding ortho intramolecular Hbond substituents is 1. The first-order valence-electron chi connectivity index (χ1n) is 12.7. The van der Waals surface area contributed by atoms with E-state index in [4.69, 9.17) is 9.72 Å². The summed E-state index contributed by atoms with van der Waals surface area (Å²) in [5.74, 6) is 1.13. The van der Waals surface area contributed by atoms with Crippen molar-refractivity contribution in [1.82, 2.24) is 9.88 Å². The summed E-state index contributed by atoms with van der Waals surface area (Å²) < 4.78 is 20.1. The molecule has 2 N–H and O–H groups in total. The average Bonchev–Trinajstić information content (AvgIpc) is 3.59. The Morgan fingerprint density at radius 3 is 2.71 bits per heavy atom. The Hall–Kier alpha value is -2.96. The van der Waals surface area contributed by atoms with E-state index in [-0.39, 0.29) is 17.6 Å². The molecule has 0 radical (unpaired) electrons. The summed E-state index contributed by atoms with van der Waals surface area (Å²) >= 11 is 0. The number of pyridine rings is 1. The fourth-order valence-corrected chi connectivity index (χ4v) is 7.64. The van der Waals surface area contributed by atoms with Crippen molar-refractivity contribution in [2.45, 2.75) is 55.3 Å². The average molecular weight is 471 g/mol. The Kier molecular flexibility index (Phi) is 3.83. The first-order valence-corrected chi connectivity index (χ1v) is 12.7. The Morgan fingerprint density at radius 2 is 1.91 bits per heavy atom. The molecular formula is C29H27FN2O3. The number of phenols is 1. The van der Waals surface area contributed by atoms with Crippen molar-refractivity contribution in [3.05, 3.63) is 76.9 Å². The van der Waals surface area contributed by atoms with Crippen LogP contribution in [0.15, 0.2) is 48.7 Å². The molecule has 1 spiro atoms. The lowest BCUT2D eigenvalue weighted by Crippen LogP contribution is -2.74. The lowest BCUT2D eigenvalue weighted by atomic mass is 9.49. The van der Waals surface area contributed by atoms with Gasteiger partial charge >= 0.3 is 0 Å². The van der Waals surface area contributed by atoms with E-state index in [0.29, 0.717) is 12.2 Å². The van der Waals surface area contributed by atoms with Crippen molar-refractivity contribution in [3.63, 3.8) is 0 Å². The number of likely N-dealkylation sites (tertiary alicyclic amines) is 1. The molecule has 8 rings (SSSR count). The highest BCUT2D eigenvalue weighted by Gasteiger charge is 2.72. The largest absolute Gasteiger partial charge is 0.504 e. The number of aromatic hydroxyl groups is 1. The summed E-state index contributed by atoms with van der Waals surface area (Å²) in [6, 6.07) is 12.3. The van der Waals surface area contributed by atoms with Crippen molar-refractivity contribution < 1.29 is 19.3 Å². The predicted molar refractivity (Wildman–Crippen MR) is 128 cm³/mol. The van der Waals surface area contributed by atoms with Gasteiger partial charge in [-0.3, -0.25) is 9.88 Å². The van der Waals surface area contributed by atoms with E-state index in [1.54, 1.807) is 18.2 Å². The van der Waals surface area contributed by atoms with Crippen LogP contribution in [0.4, 0.5) is 4.39 Å². The van der Waals surface area contributed by atoms with Gasteiger partial charge in [0.2, 0.25) is 0 Å². The van der Waals surface area contributed by atoms with Crippen LogP contribution >= 0.6 is 0 Å². The number of benzene rings is 2. The molecule has 2 fully saturated rings. The van der Waals surface area contributed by atoms with Crippen LogP contribution in [0.5, 0.6) is 11.5 Å². The minimum atomic E-state index is -1.02.